The number of alkyl halides is 6. The monoisotopic (exact) mass is 209 g/mol. The van der Waals surface area contributed by atoms with Crippen molar-refractivity contribution in [3.8, 4) is 0 Å². The average molecular weight is 209 g/mol. The van der Waals surface area contributed by atoms with E-state index in [-0.39, 0.29) is 6.42 Å². The molecule has 0 radical (unpaired) electrons. The number of hydrogen-bond acceptors (Lipinski definition) is 1. The first-order chi connectivity index (χ1) is 5.56. The standard InChI is InChI=1S/C6H9F6N/c1-2-3-4(7,8)5(9,10)6(11,12)13/h2-3,13H2,1H3. The van der Waals surface area contributed by atoms with Crippen LogP contribution in [0.1, 0.15) is 19.8 Å². The molecule has 2 N–H and O–H groups in total. The van der Waals surface area contributed by atoms with Gasteiger partial charge in [0.25, 0.3) is 0 Å². The van der Waals surface area contributed by atoms with E-state index in [2.05, 4.69) is 5.73 Å². The molecule has 0 rings (SSSR count). The molecule has 7 heteroatoms. The third-order valence-corrected chi connectivity index (χ3v) is 1.44. The number of hydrogen-bond donors (Lipinski definition) is 1. The normalized spacial score (nSPS) is 14.8. The summed E-state index contributed by atoms with van der Waals surface area (Å²) >= 11 is 0. The Bertz CT molecular complexity index is 172. The Morgan fingerprint density at radius 2 is 1.38 bits per heavy atom. The van der Waals surface area contributed by atoms with Crippen LogP contribution >= 0.6 is 0 Å². The molecule has 0 amide bonds. The highest BCUT2D eigenvalue weighted by Crippen LogP contribution is 2.45. The summed E-state index contributed by atoms with van der Waals surface area (Å²) in [5.41, 5.74) is 3.67. The Labute approximate surface area is 70.9 Å². The maximum Gasteiger partial charge on any atom is 0.385 e. The first-order valence-electron chi connectivity index (χ1n) is 3.48. The topological polar surface area (TPSA) is 26.0 Å². The van der Waals surface area contributed by atoms with Crippen LogP contribution in [0.3, 0.4) is 0 Å². The van der Waals surface area contributed by atoms with E-state index >= 15 is 0 Å². The van der Waals surface area contributed by atoms with Gasteiger partial charge in [0.2, 0.25) is 0 Å². The molecule has 0 unspecified atom stereocenters. The van der Waals surface area contributed by atoms with E-state index in [1.165, 1.54) is 6.92 Å². The average Bonchev–Trinajstić information content (AvgIpc) is 1.84. The number of rotatable bonds is 4. The summed E-state index contributed by atoms with van der Waals surface area (Å²) in [5, 5.41) is 0. The zero-order chi connectivity index (χ0) is 10.9. The second kappa shape index (κ2) is 3.36. The Morgan fingerprint density at radius 1 is 1.00 bits per heavy atom. The quantitative estimate of drug-likeness (QED) is 0.559. The molecule has 0 aliphatic carbocycles. The van der Waals surface area contributed by atoms with Crippen molar-refractivity contribution in [3.63, 3.8) is 0 Å². The Kier molecular flexibility index (Phi) is 3.24. The molecule has 0 spiro atoms. The fourth-order valence-corrected chi connectivity index (χ4v) is 0.715. The van der Waals surface area contributed by atoms with E-state index < -0.39 is 24.3 Å². The van der Waals surface area contributed by atoms with E-state index in [1.54, 1.807) is 0 Å². The smallest absolute Gasteiger partial charge is 0.267 e. The number of halogens is 6. The molecule has 0 aromatic heterocycles. The molecule has 13 heavy (non-hydrogen) atoms. The summed E-state index contributed by atoms with van der Waals surface area (Å²) in [5.74, 6) is -10.3. The van der Waals surface area contributed by atoms with Crippen LogP contribution < -0.4 is 5.73 Å². The van der Waals surface area contributed by atoms with Gasteiger partial charge in [-0.1, -0.05) is 13.3 Å². The van der Waals surface area contributed by atoms with Crippen molar-refractivity contribution < 1.29 is 26.3 Å². The van der Waals surface area contributed by atoms with Gasteiger partial charge in [-0.2, -0.15) is 26.3 Å². The molecule has 1 nitrogen and oxygen atoms in total. The zero-order valence-electron chi connectivity index (χ0n) is 6.76. The minimum atomic E-state index is -5.50. The molecule has 0 aliphatic rings. The molecule has 0 atom stereocenters. The maximum absolute atomic E-state index is 12.4. The van der Waals surface area contributed by atoms with Gasteiger partial charge >= 0.3 is 17.9 Å². The van der Waals surface area contributed by atoms with Gasteiger partial charge in [0.05, 0.1) is 0 Å². The lowest BCUT2D eigenvalue weighted by Crippen LogP contribution is -2.58. The van der Waals surface area contributed by atoms with Crippen LogP contribution in [-0.4, -0.2) is 17.9 Å². The Hall–Kier alpha value is -0.460. The molecule has 0 heterocycles. The third kappa shape index (κ3) is 2.26. The highest BCUT2D eigenvalue weighted by molar-refractivity contribution is 4.92. The Morgan fingerprint density at radius 3 is 1.62 bits per heavy atom. The minimum absolute atomic E-state index is 0.335. The van der Waals surface area contributed by atoms with Crippen molar-refractivity contribution in [2.45, 2.75) is 37.7 Å². The van der Waals surface area contributed by atoms with Crippen LogP contribution in [0.2, 0.25) is 0 Å². The molecule has 0 bridgehead atoms. The minimum Gasteiger partial charge on any atom is -0.267 e. The van der Waals surface area contributed by atoms with Crippen molar-refractivity contribution >= 4 is 0 Å². The van der Waals surface area contributed by atoms with Gasteiger partial charge in [0.15, 0.2) is 0 Å². The first-order valence-corrected chi connectivity index (χ1v) is 3.48. The van der Waals surface area contributed by atoms with Crippen LogP contribution in [-0.2, 0) is 0 Å². The second-order valence-electron chi connectivity index (χ2n) is 2.65. The SMILES string of the molecule is CCCC(F)(F)C(F)(F)C(N)(F)F. The summed E-state index contributed by atoms with van der Waals surface area (Å²) < 4.78 is 73.1. The third-order valence-electron chi connectivity index (χ3n) is 1.44. The summed E-state index contributed by atoms with van der Waals surface area (Å²) in [7, 11) is 0. The molecule has 0 aliphatic heterocycles. The largest absolute Gasteiger partial charge is 0.385 e. The van der Waals surface area contributed by atoms with Crippen LogP contribution in [0.5, 0.6) is 0 Å². The van der Waals surface area contributed by atoms with E-state index in [0.29, 0.717) is 0 Å². The van der Waals surface area contributed by atoms with Crippen LogP contribution in [0.25, 0.3) is 0 Å². The molecule has 0 aromatic rings. The Balaban J connectivity index is 4.81. The van der Waals surface area contributed by atoms with E-state index in [1.807, 2.05) is 0 Å². The summed E-state index contributed by atoms with van der Waals surface area (Å²) in [6.45, 7) is 1.18. The lowest BCUT2D eigenvalue weighted by molar-refractivity contribution is -0.308. The summed E-state index contributed by atoms with van der Waals surface area (Å²) in [4.78, 5) is 0. The summed E-state index contributed by atoms with van der Waals surface area (Å²) in [6.07, 6.45) is -1.66. The van der Waals surface area contributed by atoms with Gasteiger partial charge in [-0.05, 0) is 0 Å². The zero-order valence-corrected chi connectivity index (χ0v) is 6.76. The van der Waals surface area contributed by atoms with Gasteiger partial charge in [-0.25, -0.2) is 0 Å². The maximum atomic E-state index is 12.4. The number of nitrogens with two attached hydrogens (primary N) is 1. The van der Waals surface area contributed by atoms with Gasteiger partial charge in [-0.3, -0.25) is 5.73 Å². The lowest BCUT2D eigenvalue weighted by Gasteiger charge is -2.29. The van der Waals surface area contributed by atoms with Crippen molar-refractivity contribution in [2.75, 3.05) is 0 Å². The van der Waals surface area contributed by atoms with Crippen LogP contribution in [0.4, 0.5) is 26.3 Å². The summed E-state index contributed by atoms with van der Waals surface area (Å²) in [6, 6.07) is -5.20. The van der Waals surface area contributed by atoms with E-state index in [9.17, 15) is 26.3 Å². The van der Waals surface area contributed by atoms with Crippen molar-refractivity contribution in [1.82, 2.24) is 0 Å². The molecule has 0 saturated carbocycles. The van der Waals surface area contributed by atoms with E-state index in [0.717, 1.165) is 0 Å². The second-order valence-corrected chi connectivity index (χ2v) is 2.65. The fraction of sp³-hybridized carbons (Fsp3) is 1.00. The predicted octanol–water partition coefficient (Wildman–Crippen LogP) is 2.61. The molecular weight excluding hydrogens is 200 g/mol. The molecule has 0 aromatic carbocycles. The molecule has 0 saturated heterocycles. The van der Waals surface area contributed by atoms with Gasteiger partial charge in [0.1, 0.15) is 0 Å². The van der Waals surface area contributed by atoms with Crippen LogP contribution in [0, 0.1) is 0 Å². The molecular formula is C6H9F6N. The van der Waals surface area contributed by atoms with Crippen molar-refractivity contribution in [1.29, 1.82) is 0 Å². The predicted molar refractivity (Wildman–Crippen MR) is 33.9 cm³/mol. The van der Waals surface area contributed by atoms with Gasteiger partial charge in [0, 0.05) is 6.42 Å². The first kappa shape index (κ1) is 12.5. The highest BCUT2D eigenvalue weighted by Gasteiger charge is 2.69. The molecule has 80 valence electrons. The van der Waals surface area contributed by atoms with Crippen molar-refractivity contribution in [3.05, 3.63) is 0 Å². The van der Waals surface area contributed by atoms with Gasteiger partial charge < -0.3 is 0 Å². The fourth-order valence-electron chi connectivity index (χ4n) is 0.715. The highest BCUT2D eigenvalue weighted by atomic mass is 19.3. The molecule has 0 fully saturated rings. The van der Waals surface area contributed by atoms with Crippen LogP contribution in [0.15, 0.2) is 0 Å². The van der Waals surface area contributed by atoms with Gasteiger partial charge in [-0.15, -0.1) is 0 Å². The lowest BCUT2D eigenvalue weighted by atomic mass is 10.1. The van der Waals surface area contributed by atoms with Crippen molar-refractivity contribution in [2.24, 2.45) is 5.73 Å². The van der Waals surface area contributed by atoms with E-state index in [4.69, 9.17) is 0 Å².